The quantitative estimate of drug-likeness (QED) is 0.609. The van der Waals surface area contributed by atoms with E-state index >= 15 is 0 Å². The molecule has 3 aromatic carbocycles. The number of para-hydroxylation sites is 2. The molecule has 0 aliphatic carbocycles. The molecule has 0 heterocycles. The summed E-state index contributed by atoms with van der Waals surface area (Å²) in [5.41, 5.74) is 3.89. The van der Waals surface area contributed by atoms with Crippen LogP contribution in [0.25, 0.3) is 11.1 Å². The smallest absolute Gasteiger partial charge is 0.246 e. The van der Waals surface area contributed by atoms with E-state index in [4.69, 9.17) is 4.74 Å². The SMILES string of the molecule is CCOc1ccccc1NC(=O)C(C)Nc1ccc(-c2ccccc2)cc1. The van der Waals surface area contributed by atoms with Gasteiger partial charge in [0.2, 0.25) is 5.91 Å². The molecule has 0 saturated carbocycles. The van der Waals surface area contributed by atoms with Crippen LogP contribution < -0.4 is 15.4 Å². The second kappa shape index (κ2) is 8.90. The van der Waals surface area contributed by atoms with E-state index in [2.05, 4.69) is 22.8 Å². The fraction of sp³-hybridized carbons (Fsp3) is 0.174. The fourth-order valence-corrected chi connectivity index (χ4v) is 2.80. The highest BCUT2D eigenvalue weighted by Gasteiger charge is 2.15. The maximum Gasteiger partial charge on any atom is 0.246 e. The molecule has 0 aliphatic rings. The first-order valence-electron chi connectivity index (χ1n) is 9.12. The van der Waals surface area contributed by atoms with Crippen molar-refractivity contribution >= 4 is 17.3 Å². The number of benzene rings is 3. The summed E-state index contributed by atoms with van der Waals surface area (Å²) >= 11 is 0. The first-order valence-corrected chi connectivity index (χ1v) is 9.12. The molecule has 0 bridgehead atoms. The lowest BCUT2D eigenvalue weighted by Crippen LogP contribution is -2.32. The topological polar surface area (TPSA) is 50.4 Å². The molecule has 27 heavy (non-hydrogen) atoms. The van der Waals surface area contributed by atoms with Crippen molar-refractivity contribution in [3.8, 4) is 16.9 Å². The van der Waals surface area contributed by atoms with Crippen molar-refractivity contribution in [1.29, 1.82) is 0 Å². The number of nitrogens with one attached hydrogen (secondary N) is 2. The van der Waals surface area contributed by atoms with Crippen molar-refractivity contribution in [3.63, 3.8) is 0 Å². The Balaban J connectivity index is 1.63. The predicted octanol–water partition coefficient (Wildman–Crippen LogP) is 5.19. The highest BCUT2D eigenvalue weighted by molar-refractivity contribution is 5.97. The monoisotopic (exact) mass is 360 g/mol. The summed E-state index contributed by atoms with van der Waals surface area (Å²) in [6.07, 6.45) is 0. The van der Waals surface area contributed by atoms with Gasteiger partial charge in [-0.2, -0.15) is 0 Å². The molecule has 0 radical (unpaired) electrons. The number of hydrogen-bond acceptors (Lipinski definition) is 3. The lowest BCUT2D eigenvalue weighted by molar-refractivity contribution is -0.116. The molecule has 3 aromatic rings. The van der Waals surface area contributed by atoms with E-state index in [1.165, 1.54) is 5.56 Å². The third-order valence-electron chi connectivity index (χ3n) is 4.21. The lowest BCUT2D eigenvalue weighted by atomic mass is 10.1. The van der Waals surface area contributed by atoms with Crippen LogP contribution in [0.2, 0.25) is 0 Å². The molecule has 3 rings (SSSR count). The number of anilines is 2. The van der Waals surface area contributed by atoms with Gasteiger partial charge < -0.3 is 15.4 Å². The van der Waals surface area contributed by atoms with Crippen molar-refractivity contribution in [2.45, 2.75) is 19.9 Å². The molecule has 0 fully saturated rings. The molecule has 0 spiro atoms. The number of hydrogen-bond donors (Lipinski definition) is 2. The maximum atomic E-state index is 12.5. The van der Waals surface area contributed by atoms with Crippen LogP contribution in [-0.4, -0.2) is 18.6 Å². The second-order valence-corrected chi connectivity index (χ2v) is 6.23. The Kier molecular flexibility index (Phi) is 6.10. The van der Waals surface area contributed by atoms with Crippen LogP contribution in [-0.2, 0) is 4.79 Å². The first kappa shape index (κ1) is 18.5. The van der Waals surface area contributed by atoms with Gasteiger partial charge >= 0.3 is 0 Å². The van der Waals surface area contributed by atoms with Crippen LogP contribution in [0.3, 0.4) is 0 Å². The van der Waals surface area contributed by atoms with Crippen molar-refractivity contribution in [3.05, 3.63) is 78.9 Å². The van der Waals surface area contributed by atoms with E-state index in [-0.39, 0.29) is 11.9 Å². The summed E-state index contributed by atoms with van der Waals surface area (Å²) in [6.45, 7) is 4.31. The Morgan fingerprint density at radius 3 is 2.22 bits per heavy atom. The Bertz CT molecular complexity index is 876. The van der Waals surface area contributed by atoms with E-state index in [0.29, 0.717) is 18.0 Å². The largest absolute Gasteiger partial charge is 0.492 e. The van der Waals surface area contributed by atoms with E-state index in [9.17, 15) is 4.79 Å². The average Bonchev–Trinajstić information content (AvgIpc) is 2.71. The average molecular weight is 360 g/mol. The molecule has 1 amide bonds. The number of carbonyl (C=O) groups excluding carboxylic acids is 1. The molecule has 4 heteroatoms. The molecule has 0 aromatic heterocycles. The second-order valence-electron chi connectivity index (χ2n) is 6.23. The number of ether oxygens (including phenoxy) is 1. The summed E-state index contributed by atoms with van der Waals surface area (Å²) < 4.78 is 5.56. The van der Waals surface area contributed by atoms with Crippen molar-refractivity contribution in [2.24, 2.45) is 0 Å². The molecule has 1 atom stereocenters. The van der Waals surface area contributed by atoms with Gasteiger partial charge in [0.05, 0.1) is 12.3 Å². The predicted molar refractivity (Wildman–Crippen MR) is 111 cm³/mol. The van der Waals surface area contributed by atoms with Gasteiger partial charge in [0, 0.05) is 5.69 Å². The standard InChI is InChI=1S/C23H24N2O2/c1-3-27-22-12-8-7-11-21(22)25-23(26)17(2)24-20-15-13-19(14-16-20)18-9-5-4-6-10-18/h4-17,24H,3H2,1-2H3,(H,25,26). The van der Waals surface area contributed by atoms with Crippen LogP contribution in [0.15, 0.2) is 78.9 Å². The third-order valence-corrected chi connectivity index (χ3v) is 4.21. The molecule has 0 saturated heterocycles. The van der Waals surface area contributed by atoms with Crippen LogP contribution >= 0.6 is 0 Å². The molecular formula is C23H24N2O2. The van der Waals surface area contributed by atoms with E-state index in [0.717, 1.165) is 11.3 Å². The summed E-state index contributed by atoms with van der Waals surface area (Å²) in [5.74, 6) is 0.557. The highest BCUT2D eigenvalue weighted by Crippen LogP contribution is 2.24. The van der Waals surface area contributed by atoms with Crippen LogP contribution in [0.1, 0.15) is 13.8 Å². The Labute approximate surface area is 160 Å². The van der Waals surface area contributed by atoms with Gasteiger partial charge in [-0.1, -0.05) is 54.6 Å². The molecule has 1 unspecified atom stereocenters. The number of amides is 1. The molecule has 138 valence electrons. The summed E-state index contributed by atoms with van der Waals surface area (Å²) in [7, 11) is 0. The normalized spacial score (nSPS) is 11.5. The Hall–Kier alpha value is -3.27. The van der Waals surface area contributed by atoms with Crippen molar-refractivity contribution in [2.75, 3.05) is 17.2 Å². The molecule has 0 aliphatic heterocycles. The van der Waals surface area contributed by atoms with Crippen LogP contribution in [0, 0.1) is 0 Å². The fourth-order valence-electron chi connectivity index (χ4n) is 2.80. The Morgan fingerprint density at radius 1 is 0.889 bits per heavy atom. The minimum Gasteiger partial charge on any atom is -0.492 e. The van der Waals surface area contributed by atoms with Gasteiger partial charge in [-0.3, -0.25) is 4.79 Å². The summed E-state index contributed by atoms with van der Waals surface area (Å²) in [5, 5.41) is 6.17. The van der Waals surface area contributed by atoms with Gasteiger partial charge in [-0.15, -0.1) is 0 Å². The van der Waals surface area contributed by atoms with Crippen LogP contribution in [0.4, 0.5) is 11.4 Å². The van der Waals surface area contributed by atoms with E-state index in [1.54, 1.807) is 0 Å². The van der Waals surface area contributed by atoms with Gasteiger partial charge in [0.1, 0.15) is 11.8 Å². The van der Waals surface area contributed by atoms with E-state index in [1.807, 2.05) is 80.6 Å². The zero-order chi connectivity index (χ0) is 19.1. The Morgan fingerprint density at radius 2 is 1.52 bits per heavy atom. The highest BCUT2D eigenvalue weighted by atomic mass is 16.5. The van der Waals surface area contributed by atoms with Crippen LogP contribution in [0.5, 0.6) is 5.75 Å². The molecule has 4 nitrogen and oxygen atoms in total. The molecule has 2 N–H and O–H groups in total. The van der Waals surface area contributed by atoms with Crippen molar-refractivity contribution < 1.29 is 9.53 Å². The maximum absolute atomic E-state index is 12.5. The van der Waals surface area contributed by atoms with Gasteiger partial charge in [0.25, 0.3) is 0 Å². The van der Waals surface area contributed by atoms with E-state index < -0.39 is 0 Å². The minimum atomic E-state index is -0.387. The van der Waals surface area contributed by atoms with Gasteiger partial charge in [-0.25, -0.2) is 0 Å². The zero-order valence-electron chi connectivity index (χ0n) is 15.6. The van der Waals surface area contributed by atoms with Gasteiger partial charge in [-0.05, 0) is 49.2 Å². The van der Waals surface area contributed by atoms with Gasteiger partial charge in [0.15, 0.2) is 0 Å². The first-order chi connectivity index (χ1) is 13.2. The molecular weight excluding hydrogens is 336 g/mol. The zero-order valence-corrected chi connectivity index (χ0v) is 15.6. The lowest BCUT2D eigenvalue weighted by Gasteiger charge is -2.17. The van der Waals surface area contributed by atoms with Crippen molar-refractivity contribution in [1.82, 2.24) is 0 Å². The minimum absolute atomic E-state index is 0.116. The third kappa shape index (κ3) is 4.88. The summed E-state index contributed by atoms with van der Waals surface area (Å²) in [6, 6.07) is 25.3. The number of rotatable bonds is 7. The number of carbonyl (C=O) groups is 1. The summed E-state index contributed by atoms with van der Waals surface area (Å²) in [4.78, 5) is 12.5.